The molecule has 1 saturated carbocycles. The van der Waals surface area contributed by atoms with Gasteiger partial charge in [-0.3, -0.25) is 4.79 Å². The summed E-state index contributed by atoms with van der Waals surface area (Å²) < 4.78 is 2.07. The Balaban J connectivity index is 1.60. The summed E-state index contributed by atoms with van der Waals surface area (Å²) in [5.74, 6) is 0.886. The minimum Gasteiger partial charge on any atom is -0.352 e. The van der Waals surface area contributed by atoms with Crippen LogP contribution in [0.5, 0.6) is 0 Å². The highest BCUT2D eigenvalue weighted by Gasteiger charge is 2.30. The first-order chi connectivity index (χ1) is 13.2. The first-order valence-electron chi connectivity index (χ1n) is 9.16. The molecule has 1 unspecified atom stereocenters. The van der Waals surface area contributed by atoms with Crippen LogP contribution in [-0.4, -0.2) is 26.7 Å². The third kappa shape index (κ3) is 4.39. The minimum atomic E-state index is -0.343. The van der Waals surface area contributed by atoms with Gasteiger partial charge in [0.2, 0.25) is 5.91 Å². The molecule has 1 N–H and O–H groups in total. The van der Waals surface area contributed by atoms with E-state index in [0.29, 0.717) is 12.6 Å². The van der Waals surface area contributed by atoms with Crippen LogP contribution in [0.1, 0.15) is 35.0 Å². The predicted molar refractivity (Wildman–Crippen MR) is 107 cm³/mol. The monoisotopic (exact) mass is 378 g/mol. The molecule has 1 heterocycles. The van der Waals surface area contributed by atoms with E-state index < -0.39 is 0 Å². The number of amides is 1. The van der Waals surface area contributed by atoms with Gasteiger partial charge in [-0.1, -0.05) is 72.4 Å². The number of hydrogen-bond acceptors (Lipinski definition) is 4. The van der Waals surface area contributed by atoms with E-state index in [-0.39, 0.29) is 11.2 Å². The number of rotatable bonds is 7. The van der Waals surface area contributed by atoms with Crippen LogP contribution in [0.4, 0.5) is 0 Å². The van der Waals surface area contributed by atoms with Gasteiger partial charge in [-0.15, -0.1) is 10.2 Å². The van der Waals surface area contributed by atoms with Gasteiger partial charge in [-0.25, -0.2) is 0 Å². The summed E-state index contributed by atoms with van der Waals surface area (Å²) in [6.07, 6.45) is 2.14. The Bertz CT molecular complexity index is 906. The number of aryl methyl sites for hydroxylation is 1. The van der Waals surface area contributed by atoms with E-state index in [9.17, 15) is 4.79 Å². The molecule has 2 aromatic carbocycles. The number of benzene rings is 2. The molecule has 0 saturated heterocycles. The topological polar surface area (TPSA) is 59.8 Å². The highest BCUT2D eigenvalue weighted by molar-refractivity contribution is 8.00. The second kappa shape index (κ2) is 7.96. The van der Waals surface area contributed by atoms with Gasteiger partial charge in [0.15, 0.2) is 5.16 Å². The van der Waals surface area contributed by atoms with E-state index in [2.05, 4.69) is 32.2 Å². The molecule has 0 radical (unpaired) electrons. The Morgan fingerprint density at radius 1 is 1.11 bits per heavy atom. The van der Waals surface area contributed by atoms with E-state index in [1.54, 1.807) is 0 Å². The van der Waals surface area contributed by atoms with Crippen molar-refractivity contribution in [3.05, 3.63) is 77.6 Å². The molecule has 1 aliphatic rings. The Kier molecular flexibility index (Phi) is 5.25. The van der Waals surface area contributed by atoms with Crippen LogP contribution < -0.4 is 5.32 Å². The van der Waals surface area contributed by atoms with Gasteiger partial charge in [-0.2, -0.15) is 0 Å². The molecular weight excluding hydrogens is 356 g/mol. The number of nitrogens with one attached hydrogen (secondary N) is 1. The molecule has 1 aliphatic carbocycles. The van der Waals surface area contributed by atoms with Crippen LogP contribution in [0.25, 0.3) is 0 Å². The average Bonchev–Trinajstić information content (AvgIpc) is 3.45. The zero-order valence-electron chi connectivity index (χ0n) is 15.2. The first kappa shape index (κ1) is 17.8. The Morgan fingerprint density at radius 3 is 2.44 bits per heavy atom. The molecule has 6 heteroatoms. The van der Waals surface area contributed by atoms with Crippen molar-refractivity contribution in [2.45, 2.75) is 42.8 Å². The van der Waals surface area contributed by atoms with Crippen LogP contribution >= 0.6 is 11.8 Å². The van der Waals surface area contributed by atoms with Gasteiger partial charge >= 0.3 is 0 Å². The first-order valence-corrected chi connectivity index (χ1v) is 10.0. The van der Waals surface area contributed by atoms with Crippen molar-refractivity contribution in [2.75, 3.05) is 0 Å². The number of nitrogens with zero attached hydrogens (tertiary/aromatic N) is 3. The molecule has 0 bridgehead atoms. The maximum Gasteiger partial charge on any atom is 0.238 e. The Hall–Kier alpha value is -2.60. The fourth-order valence-corrected chi connectivity index (χ4v) is 4.00. The van der Waals surface area contributed by atoms with E-state index in [1.165, 1.54) is 17.3 Å². The summed E-state index contributed by atoms with van der Waals surface area (Å²) in [5, 5.41) is 12.2. The molecular formula is C21H22N4OS. The van der Waals surface area contributed by atoms with Crippen molar-refractivity contribution in [2.24, 2.45) is 0 Å². The zero-order valence-corrected chi connectivity index (χ0v) is 16.0. The standard InChI is InChI=1S/C21H22N4OS/c1-15-23-24-21(25(15)14-16-8-4-2-5-9-16)27-19(17-10-6-3-7-11-17)20(26)22-18-12-13-18/h2-11,18-19H,12-14H2,1H3,(H,22,26). The smallest absolute Gasteiger partial charge is 0.238 e. The number of carbonyl (C=O) groups excluding carboxylic acids is 1. The number of hydrogen-bond donors (Lipinski definition) is 1. The average molecular weight is 379 g/mol. The molecule has 3 aromatic rings. The van der Waals surface area contributed by atoms with Gasteiger partial charge in [0.1, 0.15) is 11.1 Å². The molecule has 1 fully saturated rings. The molecule has 27 heavy (non-hydrogen) atoms. The van der Waals surface area contributed by atoms with Crippen LogP contribution in [0.15, 0.2) is 65.8 Å². The molecule has 138 valence electrons. The predicted octanol–water partition coefficient (Wildman–Crippen LogP) is 3.75. The van der Waals surface area contributed by atoms with Crippen molar-refractivity contribution in [1.82, 2.24) is 20.1 Å². The van der Waals surface area contributed by atoms with Gasteiger partial charge in [0, 0.05) is 6.04 Å². The van der Waals surface area contributed by atoms with Crippen LogP contribution in [0, 0.1) is 6.92 Å². The second-order valence-corrected chi connectivity index (χ2v) is 7.87. The highest BCUT2D eigenvalue weighted by atomic mass is 32.2. The summed E-state index contributed by atoms with van der Waals surface area (Å²) in [6, 6.07) is 20.4. The van der Waals surface area contributed by atoms with Crippen molar-refractivity contribution >= 4 is 17.7 Å². The van der Waals surface area contributed by atoms with E-state index in [1.807, 2.05) is 55.5 Å². The largest absolute Gasteiger partial charge is 0.352 e. The number of thioether (sulfide) groups is 1. The van der Waals surface area contributed by atoms with Crippen molar-refractivity contribution in [1.29, 1.82) is 0 Å². The molecule has 1 amide bonds. The third-order valence-electron chi connectivity index (χ3n) is 4.57. The molecule has 1 atom stereocenters. The van der Waals surface area contributed by atoms with Crippen LogP contribution in [-0.2, 0) is 11.3 Å². The fourth-order valence-electron chi connectivity index (χ4n) is 2.91. The number of aromatic nitrogens is 3. The second-order valence-electron chi connectivity index (χ2n) is 6.79. The molecule has 1 aromatic heterocycles. The van der Waals surface area contributed by atoms with Gasteiger partial charge in [0.25, 0.3) is 0 Å². The molecule has 5 nitrogen and oxygen atoms in total. The van der Waals surface area contributed by atoms with Crippen molar-refractivity contribution < 1.29 is 4.79 Å². The van der Waals surface area contributed by atoms with Gasteiger partial charge in [-0.05, 0) is 30.9 Å². The lowest BCUT2D eigenvalue weighted by atomic mass is 10.1. The van der Waals surface area contributed by atoms with Gasteiger partial charge < -0.3 is 9.88 Å². The van der Waals surface area contributed by atoms with E-state index in [4.69, 9.17) is 0 Å². The maximum atomic E-state index is 12.9. The molecule has 4 rings (SSSR count). The summed E-state index contributed by atoms with van der Waals surface area (Å²) >= 11 is 1.46. The highest BCUT2D eigenvalue weighted by Crippen LogP contribution is 2.36. The Labute approximate surface area is 163 Å². The Morgan fingerprint density at radius 2 is 1.78 bits per heavy atom. The van der Waals surface area contributed by atoms with Crippen molar-refractivity contribution in [3.8, 4) is 0 Å². The minimum absolute atomic E-state index is 0.0422. The van der Waals surface area contributed by atoms with Crippen LogP contribution in [0.2, 0.25) is 0 Å². The summed E-state index contributed by atoms with van der Waals surface area (Å²) in [7, 11) is 0. The summed E-state index contributed by atoms with van der Waals surface area (Å²) in [4.78, 5) is 12.9. The third-order valence-corrected chi connectivity index (χ3v) is 5.81. The maximum absolute atomic E-state index is 12.9. The number of carbonyl (C=O) groups is 1. The summed E-state index contributed by atoms with van der Waals surface area (Å²) in [5.41, 5.74) is 2.16. The zero-order chi connectivity index (χ0) is 18.6. The normalized spacial score (nSPS) is 14.7. The summed E-state index contributed by atoms with van der Waals surface area (Å²) in [6.45, 7) is 2.63. The van der Waals surface area contributed by atoms with Crippen LogP contribution in [0.3, 0.4) is 0 Å². The lowest BCUT2D eigenvalue weighted by Crippen LogP contribution is -2.30. The van der Waals surface area contributed by atoms with E-state index in [0.717, 1.165) is 29.4 Å². The van der Waals surface area contributed by atoms with Gasteiger partial charge in [0.05, 0.1) is 6.54 Å². The quantitative estimate of drug-likeness (QED) is 0.636. The lowest BCUT2D eigenvalue weighted by molar-refractivity contribution is -0.120. The SMILES string of the molecule is Cc1nnc(SC(C(=O)NC2CC2)c2ccccc2)n1Cc1ccccc1. The fraction of sp³-hybridized carbons (Fsp3) is 0.286. The van der Waals surface area contributed by atoms with Crippen molar-refractivity contribution in [3.63, 3.8) is 0 Å². The lowest BCUT2D eigenvalue weighted by Gasteiger charge is -2.17. The molecule has 0 spiro atoms. The van der Waals surface area contributed by atoms with E-state index >= 15 is 0 Å². The molecule has 0 aliphatic heterocycles.